The molecule has 1 aliphatic carbocycles. The molecule has 1 aromatic heterocycles. The number of rotatable bonds is 4. The van der Waals surface area contributed by atoms with Crippen molar-refractivity contribution in [2.75, 3.05) is 53.1 Å². The van der Waals surface area contributed by atoms with Crippen molar-refractivity contribution in [3.05, 3.63) is 24.2 Å². The molecule has 1 aromatic rings. The Morgan fingerprint density at radius 1 is 1.31 bits per heavy atom. The van der Waals surface area contributed by atoms with Gasteiger partial charge >= 0.3 is 0 Å². The van der Waals surface area contributed by atoms with E-state index in [4.69, 9.17) is 13.9 Å². The standard InChI is InChI=1S/C20H30N2O4/c1-24-15-20-5-2-18(21-7-10-25-11-8-21)12-17(20)3-6-22(14-20)19(23)16-4-9-26-13-16/h4,9,13,17-18H,2-3,5-8,10-12,14-15H2,1H3/t17?,18?,20-/m0/s1. The Kier molecular flexibility index (Phi) is 5.34. The number of methoxy groups -OCH3 is 1. The van der Waals surface area contributed by atoms with Crippen molar-refractivity contribution in [3.8, 4) is 0 Å². The summed E-state index contributed by atoms with van der Waals surface area (Å²) in [5, 5.41) is 0. The molecule has 144 valence electrons. The van der Waals surface area contributed by atoms with Crippen molar-refractivity contribution in [2.45, 2.75) is 31.7 Å². The van der Waals surface area contributed by atoms with Crippen LogP contribution in [0.25, 0.3) is 0 Å². The molecule has 26 heavy (non-hydrogen) atoms. The predicted octanol–water partition coefficient (Wildman–Crippen LogP) is 2.26. The summed E-state index contributed by atoms with van der Waals surface area (Å²) in [6.45, 7) is 6.19. The molecule has 3 aliphatic rings. The fourth-order valence-corrected chi connectivity index (χ4v) is 5.30. The predicted molar refractivity (Wildman–Crippen MR) is 97.1 cm³/mol. The lowest BCUT2D eigenvalue weighted by Gasteiger charge is -2.54. The third kappa shape index (κ3) is 3.42. The van der Waals surface area contributed by atoms with Crippen LogP contribution < -0.4 is 0 Å². The number of hydrogen-bond acceptors (Lipinski definition) is 5. The van der Waals surface area contributed by atoms with Crippen molar-refractivity contribution in [1.82, 2.24) is 9.80 Å². The van der Waals surface area contributed by atoms with Crippen molar-refractivity contribution in [3.63, 3.8) is 0 Å². The first-order valence-electron chi connectivity index (χ1n) is 9.84. The minimum Gasteiger partial charge on any atom is -0.472 e. The Hall–Kier alpha value is -1.37. The molecule has 4 rings (SSSR count). The molecule has 1 saturated carbocycles. The van der Waals surface area contributed by atoms with Crippen LogP contribution in [0.15, 0.2) is 23.0 Å². The van der Waals surface area contributed by atoms with Gasteiger partial charge in [0.05, 0.1) is 31.6 Å². The zero-order valence-corrected chi connectivity index (χ0v) is 15.7. The molecular weight excluding hydrogens is 332 g/mol. The van der Waals surface area contributed by atoms with E-state index in [1.807, 2.05) is 4.90 Å². The molecule has 0 N–H and O–H groups in total. The summed E-state index contributed by atoms with van der Waals surface area (Å²) in [6, 6.07) is 2.41. The van der Waals surface area contributed by atoms with Crippen LogP contribution in [-0.4, -0.2) is 74.9 Å². The summed E-state index contributed by atoms with van der Waals surface area (Å²) < 4.78 is 16.3. The number of carbonyl (C=O) groups is 1. The molecule has 2 aliphatic heterocycles. The van der Waals surface area contributed by atoms with E-state index in [-0.39, 0.29) is 11.3 Å². The molecule has 0 bridgehead atoms. The molecular formula is C20H30N2O4. The molecule has 0 aromatic carbocycles. The highest BCUT2D eigenvalue weighted by Gasteiger charge is 2.48. The van der Waals surface area contributed by atoms with E-state index in [1.165, 1.54) is 12.8 Å². The van der Waals surface area contributed by atoms with E-state index in [9.17, 15) is 4.79 Å². The maximum absolute atomic E-state index is 12.8. The largest absolute Gasteiger partial charge is 0.472 e. The minimum atomic E-state index is 0.0861. The lowest BCUT2D eigenvalue weighted by Crippen LogP contribution is -2.58. The number of carbonyl (C=O) groups excluding carboxylic acids is 1. The van der Waals surface area contributed by atoms with E-state index in [0.717, 1.165) is 58.8 Å². The van der Waals surface area contributed by atoms with Gasteiger partial charge in [-0.2, -0.15) is 0 Å². The number of likely N-dealkylation sites (tertiary alicyclic amines) is 1. The minimum absolute atomic E-state index is 0.0861. The van der Waals surface area contributed by atoms with Crippen LogP contribution in [0.5, 0.6) is 0 Å². The van der Waals surface area contributed by atoms with Gasteiger partial charge in [0, 0.05) is 44.7 Å². The molecule has 2 unspecified atom stereocenters. The van der Waals surface area contributed by atoms with Gasteiger partial charge in [-0.25, -0.2) is 0 Å². The van der Waals surface area contributed by atoms with Gasteiger partial charge in [0.15, 0.2) is 0 Å². The Balaban J connectivity index is 1.46. The topological polar surface area (TPSA) is 55.2 Å². The second-order valence-corrected chi connectivity index (χ2v) is 8.10. The summed E-state index contributed by atoms with van der Waals surface area (Å²) in [5.41, 5.74) is 0.743. The van der Waals surface area contributed by atoms with Crippen molar-refractivity contribution >= 4 is 5.91 Å². The van der Waals surface area contributed by atoms with E-state index in [1.54, 1.807) is 25.7 Å². The quantitative estimate of drug-likeness (QED) is 0.822. The van der Waals surface area contributed by atoms with Crippen LogP contribution in [-0.2, 0) is 9.47 Å². The maximum Gasteiger partial charge on any atom is 0.257 e. The molecule has 0 spiro atoms. The van der Waals surface area contributed by atoms with E-state index < -0.39 is 0 Å². The highest BCUT2D eigenvalue weighted by atomic mass is 16.5. The third-order valence-corrected chi connectivity index (χ3v) is 6.70. The van der Waals surface area contributed by atoms with Gasteiger partial charge in [0.2, 0.25) is 0 Å². The third-order valence-electron chi connectivity index (χ3n) is 6.70. The average molecular weight is 362 g/mol. The van der Waals surface area contributed by atoms with Crippen LogP contribution in [0.4, 0.5) is 0 Å². The van der Waals surface area contributed by atoms with Gasteiger partial charge < -0.3 is 18.8 Å². The normalized spacial score (nSPS) is 33.0. The zero-order valence-electron chi connectivity index (χ0n) is 15.7. The van der Waals surface area contributed by atoms with E-state index >= 15 is 0 Å². The fraction of sp³-hybridized carbons (Fsp3) is 0.750. The molecule has 6 nitrogen and oxygen atoms in total. The molecule has 3 heterocycles. The van der Waals surface area contributed by atoms with Crippen LogP contribution in [0.1, 0.15) is 36.0 Å². The summed E-state index contributed by atoms with van der Waals surface area (Å²) >= 11 is 0. The summed E-state index contributed by atoms with van der Waals surface area (Å²) in [5.74, 6) is 0.709. The number of hydrogen-bond donors (Lipinski definition) is 0. The van der Waals surface area contributed by atoms with Crippen LogP contribution in [0.3, 0.4) is 0 Å². The van der Waals surface area contributed by atoms with Gasteiger partial charge in [0.25, 0.3) is 5.91 Å². The maximum atomic E-state index is 12.8. The summed E-state index contributed by atoms with van der Waals surface area (Å²) in [6.07, 6.45) is 7.71. The van der Waals surface area contributed by atoms with Gasteiger partial charge in [-0.3, -0.25) is 9.69 Å². The van der Waals surface area contributed by atoms with Crippen molar-refractivity contribution < 1.29 is 18.7 Å². The molecule has 3 atom stereocenters. The summed E-state index contributed by atoms with van der Waals surface area (Å²) in [4.78, 5) is 17.4. The molecule has 0 radical (unpaired) electrons. The zero-order chi connectivity index (χ0) is 18.0. The molecule has 2 saturated heterocycles. The lowest BCUT2D eigenvalue weighted by atomic mass is 9.61. The lowest BCUT2D eigenvalue weighted by molar-refractivity contribution is -0.0792. The first-order valence-corrected chi connectivity index (χ1v) is 9.84. The number of morpholine rings is 1. The Morgan fingerprint density at radius 3 is 2.88 bits per heavy atom. The second-order valence-electron chi connectivity index (χ2n) is 8.10. The Morgan fingerprint density at radius 2 is 2.15 bits per heavy atom. The number of fused-ring (bicyclic) bond motifs is 1. The smallest absolute Gasteiger partial charge is 0.257 e. The molecule has 1 amide bonds. The van der Waals surface area contributed by atoms with Crippen LogP contribution >= 0.6 is 0 Å². The second kappa shape index (κ2) is 7.71. The monoisotopic (exact) mass is 362 g/mol. The van der Waals surface area contributed by atoms with Gasteiger partial charge in [0.1, 0.15) is 6.26 Å². The van der Waals surface area contributed by atoms with Crippen molar-refractivity contribution in [1.29, 1.82) is 0 Å². The van der Waals surface area contributed by atoms with Gasteiger partial charge in [-0.15, -0.1) is 0 Å². The van der Waals surface area contributed by atoms with Gasteiger partial charge in [-0.05, 0) is 37.7 Å². The highest BCUT2D eigenvalue weighted by molar-refractivity contribution is 5.93. The molecule has 6 heteroatoms. The number of nitrogens with zero attached hydrogens (tertiary/aromatic N) is 2. The van der Waals surface area contributed by atoms with E-state index in [2.05, 4.69) is 4.90 Å². The van der Waals surface area contributed by atoms with Crippen molar-refractivity contribution in [2.24, 2.45) is 11.3 Å². The number of amides is 1. The molecule has 3 fully saturated rings. The fourth-order valence-electron chi connectivity index (χ4n) is 5.30. The number of furan rings is 1. The van der Waals surface area contributed by atoms with Gasteiger partial charge in [-0.1, -0.05) is 0 Å². The van der Waals surface area contributed by atoms with E-state index in [0.29, 0.717) is 17.5 Å². The SMILES string of the molecule is COC[C@@]12CCC(N3CCOCC3)CC1CCN(C(=O)c1ccoc1)C2. The van der Waals surface area contributed by atoms with Crippen LogP contribution in [0.2, 0.25) is 0 Å². The Bertz CT molecular complexity index is 599. The number of ether oxygens (including phenoxy) is 2. The first kappa shape index (κ1) is 18.0. The number of piperidine rings is 1. The average Bonchev–Trinajstić information content (AvgIpc) is 3.22. The van der Waals surface area contributed by atoms with Crippen LogP contribution in [0, 0.1) is 11.3 Å². The highest BCUT2D eigenvalue weighted by Crippen LogP contribution is 2.48. The Labute approximate surface area is 155 Å². The first-order chi connectivity index (χ1) is 12.7. The summed E-state index contributed by atoms with van der Waals surface area (Å²) in [7, 11) is 1.79.